The second-order valence-electron chi connectivity index (χ2n) is 0.672. The van der Waals surface area contributed by atoms with Crippen molar-refractivity contribution < 1.29 is 5.21 Å². The maximum Gasteiger partial charge on any atom is 0.255 e. The molecule has 0 aliphatic rings. The van der Waals surface area contributed by atoms with Crippen LogP contribution in [0.2, 0.25) is 0 Å². The van der Waals surface area contributed by atoms with Crippen molar-refractivity contribution in [2.45, 2.75) is 0 Å². The van der Waals surface area contributed by atoms with Crippen LogP contribution in [0.4, 0.5) is 0 Å². The van der Waals surface area contributed by atoms with Crippen LogP contribution in [0.5, 0.6) is 0 Å². The minimum Gasteiger partial charge on any atom is -0.409 e. The second kappa shape index (κ2) is 6.45. The monoisotopic (exact) mass is 118 g/mol. The summed E-state index contributed by atoms with van der Waals surface area (Å²) in [5.41, 5.74) is -0.528. The summed E-state index contributed by atoms with van der Waals surface area (Å²) in [5, 5.41) is 25.5. The van der Waals surface area contributed by atoms with Crippen molar-refractivity contribution in [2.24, 2.45) is 5.16 Å². The van der Waals surface area contributed by atoms with Crippen LogP contribution in [0.3, 0.4) is 0 Å². The molecule has 0 amide bonds. The summed E-state index contributed by atoms with van der Waals surface area (Å²) >= 11 is 0. The smallest absolute Gasteiger partial charge is 0.255 e. The summed E-state index contributed by atoms with van der Waals surface area (Å²) < 4.78 is 0. The van der Waals surface area contributed by atoms with E-state index in [4.69, 9.17) is 15.7 Å². The van der Waals surface area contributed by atoms with Crippen molar-refractivity contribution in [3.05, 3.63) is 0 Å². The normalized spacial score (nSPS) is 4.75. The molecular weight excluding hydrogens is 117 g/mol. The number of nitriles is 2. The van der Waals surface area contributed by atoms with Gasteiger partial charge in [-0.25, -0.2) is 0 Å². The molecule has 1 N–H and O–H groups in total. The van der Waals surface area contributed by atoms with Crippen LogP contribution in [0.1, 0.15) is 0 Å². The fraction of sp³-hybridized carbons (Fsp3) is 0. The number of rotatable bonds is 0. The van der Waals surface area contributed by atoms with Crippen LogP contribution in [0, 0.1) is 22.7 Å². The fourth-order valence-corrected chi connectivity index (χ4v) is 0.0697. The van der Waals surface area contributed by atoms with Gasteiger partial charge in [-0.2, -0.15) is 10.5 Å². The van der Waals surface area contributed by atoms with Crippen LogP contribution in [-0.4, -0.2) is 40.5 Å². The quantitative estimate of drug-likeness (QED) is 0.201. The molecular formula is C3HN3NaO. The van der Waals surface area contributed by atoms with Crippen molar-refractivity contribution in [2.75, 3.05) is 0 Å². The number of oxime groups is 1. The Hall–Kier alpha value is -0.550. The molecule has 1 radical (unpaired) electrons. The van der Waals surface area contributed by atoms with Crippen molar-refractivity contribution >= 4 is 35.3 Å². The van der Waals surface area contributed by atoms with Gasteiger partial charge in [0, 0.05) is 29.6 Å². The van der Waals surface area contributed by atoms with Gasteiger partial charge in [-0.3, -0.25) is 0 Å². The second-order valence-corrected chi connectivity index (χ2v) is 0.672. The Balaban J connectivity index is 0. The zero-order chi connectivity index (χ0) is 5.70. The minimum atomic E-state index is -0.528. The first-order valence-corrected chi connectivity index (χ1v) is 1.37. The van der Waals surface area contributed by atoms with Gasteiger partial charge in [0.1, 0.15) is 12.1 Å². The van der Waals surface area contributed by atoms with E-state index >= 15 is 0 Å². The van der Waals surface area contributed by atoms with Gasteiger partial charge >= 0.3 is 0 Å². The Kier molecular flexibility index (Phi) is 8.41. The van der Waals surface area contributed by atoms with Gasteiger partial charge < -0.3 is 5.21 Å². The van der Waals surface area contributed by atoms with Crippen molar-refractivity contribution in [3.8, 4) is 12.1 Å². The van der Waals surface area contributed by atoms with Gasteiger partial charge in [-0.15, -0.1) is 0 Å². The molecule has 0 saturated heterocycles. The number of nitrogens with zero attached hydrogens (tertiary/aromatic N) is 3. The van der Waals surface area contributed by atoms with Crippen LogP contribution >= 0.6 is 0 Å². The molecule has 0 atom stereocenters. The van der Waals surface area contributed by atoms with Gasteiger partial charge in [0.15, 0.2) is 0 Å². The zero-order valence-corrected chi connectivity index (χ0v) is 6.29. The van der Waals surface area contributed by atoms with Crippen molar-refractivity contribution in [1.82, 2.24) is 0 Å². The van der Waals surface area contributed by atoms with Crippen molar-refractivity contribution in [1.29, 1.82) is 10.5 Å². The van der Waals surface area contributed by atoms with E-state index in [1.54, 1.807) is 0 Å². The van der Waals surface area contributed by atoms with E-state index in [1.165, 1.54) is 12.1 Å². The molecule has 0 unspecified atom stereocenters. The maximum absolute atomic E-state index is 7.76. The molecule has 0 heterocycles. The third kappa shape index (κ3) is 3.63. The molecule has 0 saturated carbocycles. The molecule has 0 spiro atoms. The summed E-state index contributed by atoms with van der Waals surface area (Å²) in [7, 11) is 0. The largest absolute Gasteiger partial charge is 0.409 e. The van der Waals surface area contributed by atoms with Gasteiger partial charge in [0.2, 0.25) is 0 Å². The number of hydrogen-bond acceptors (Lipinski definition) is 4. The molecule has 0 aromatic heterocycles. The van der Waals surface area contributed by atoms with Crippen LogP contribution in [-0.2, 0) is 0 Å². The minimum absolute atomic E-state index is 0. The van der Waals surface area contributed by atoms with E-state index in [0.717, 1.165) is 0 Å². The molecule has 0 bridgehead atoms. The summed E-state index contributed by atoms with van der Waals surface area (Å²) in [6.45, 7) is 0. The predicted molar refractivity (Wildman–Crippen MR) is 26.2 cm³/mol. The number of hydrogen-bond donors (Lipinski definition) is 1. The predicted octanol–water partition coefficient (Wildman–Crippen LogP) is -0.517. The van der Waals surface area contributed by atoms with E-state index in [0.29, 0.717) is 0 Å². The van der Waals surface area contributed by atoms with Gasteiger partial charge in [-0.05, 0) is 0 Å². The Morgan fingerprint density at radius 1 is 1.38 bits per heavy atom. The topological polar surface area (TPSA) is 80.2 Å². The molecule has 0 aromatic rings. The Labute approximate surface area is 68.3 Å². The van der Waals surface area contributed by atoms with Crippen molar-refractivity contribution in [3.63, 3.8) is 0 Å². The standard InChI is InChI=1S/C3HN3O.Na/c4-1-3(2-5)6-7;/h7H;. The van der Waals surface area contributed by atoms with E-state index in [1.807, 2.05) is 0 Å². The molecule has 0 aliphatic carbocycles. The average Bonchev–Trinajstić information content (AvgIpc) is 1.72. The molecule has 0 aliphatic heterocycles. The third-order valence-electron chi connectivity index (χ3n) is 0.312. The SMILES string of the molecule is N#CC(C#N)=NO.[Na]. The third-order valence-corrected chi connectivity index (χ3v) is 0.312. The first-order chi connectivity index (χ1) is 3.35. The Morgan fingerprint density at radius 3 is 1.75 bits per heavy atom. The van der Waals surface area contributed by atoms with E-state index < -0.39 is 5.71 Å². The Bertz CT molecular complexity index is 146. The molecule has 5 heteroatoms. The van der Waals surface area contributed by atoms with Gasteiger partial charge in [0.25, 0.3) is 5.71 Å². The molecule has 0 fully saturated rings. The summed E-state index contributed by atoms with van der Waals surface area (Å²) in [6.07, 6.45) is 0. The van der Waals surface area contributed by atoms with Gasteiger partial charge in [0.05, 0.1) is 0 Å². The Morgan fingerprint density at radius 2 is 1.75 bits per heavy atom. The van der Waals surface area contributed by atoms with E-state index in [-0.39, 0.29) is 29.6 Å². The molecule has 4 nitrogen and oxygen atoms in total. The summed E-state index contributed by atoms with van der Waals surface area (Å²) in [6, 6.07) is 2.68. The first-order valence-electron chi connectivity index (χ1n) is 1.37. The summed E-state index contributed by atoms with van der Waals surface area (Å²) in [5.74, 6) is 0. The molecule has 0 aromatic carbocycles. The van der Waals surface area contributed by atoms with Gasteiger partial charge in [-0.1, -0.05) is 5.16 Å². The van der Waals surface area contributed by atoms with E-state index in [2.05, 4.69) is 5.16 Å². The fourth-order valence-electron chi connectivity index (χ4n) is 0.0697. The van der Waals surface area contributed by atoms with E-state index in [9.17, 15) is 0 Å². The summed E-state index contributed by atoms with van der Waals surface area (Å²) in [4.78, 5) is 0. The zero-order valence-electron chi connectivity index (χ0n) is 4.29. The van der Waals surface area contributed by atoms with Crippen LogP contribution in [0.25, 0.3) is 0 Å². The average molecular weight is 118 g/mol. The molecule has 8 heavy (non-hydrogen) atoms. The van der Waals surface area contributed by atoms with Crippen LogP contribution in [0.15, 0.2) is 5.16 Å². The first kappa shape index (κ1) is 10.4. The molecule has 0 rings (SSSR count). The van der Waals surface area contributed by atoms with Crippen LogP contribution < -0.4 is 0 Å². The maximum atomic E-state index is 7.76. The molecule has 35 valence electrons.